The number of nitrogens with zero attached hydrogens (tertiary/aromatic N) is 1. The highest BCUT2D eigenvalue weighted by Gasteiger charge is 2.23. The van der Waals surface area contributed by atoms with Crippen molar-refractivity contribution in [2.75, 3.05) is 26.3 Å². The summed E-state index contributed by atoms with van der Waals surface area (Å²) in [6.07, 6.45) is 4.51. The standard InChI is InChI=1S/C21H25NO2S/c1-15-14-19(25-20(15)21(23)22-10-2-3-11-22)18-6-4-16(5-7-18)17-8-12-24-13-9-17/h4-7,14,17H,2-3,8-13H2,1H3. The Bertz CT molecular complexity index is 738. The van der Waals surface area contributed by atoms with E-state index in [2.05, 4.69) is 37.3 Å². The molecular weight excluding hydrogens is 330 g/mol. The van der Waals surface area contributed by atoms with Crippen molar-refractivity contribution in [2.45, 2.75) is 38.5 Å². The van der Waals surface area contributed by atoms with Crippen LogP contribution in [0.1, 0.15) is 52.4 Å². The highest BCUT2D eigenvalue weighted by molar-refractivity contribution is 7.17. The minimum atomic E-state index is 0.213. The van der Waals surface area contributed by atoms with Gasteiger partial charge in [0.2, 0.25) is 0 Å². The molecular formula is C21H25NO2S. The molecule has 0 saturated carbocycles. The first-order valence-electron chi connectivity index (χ1n) is 9.30. The lowest BCUT2D eigenvalue weighted by Gasteiger charge is -2.22. The van der Waals surface area contributed by atoms with Crippen LogP contribution in [0.2, 0.25) is 0 Å². The van der Waals surface area contributed by atoms with Crippen LogP contribution in [0.4, 0.5) is 0 Å². The van der Waals surface area contributed by atoms with E-state index in [1.807, 2.05) is 4.90 Å². The van der Waals surface area contributed by atoms with E-state index in [1.54, 1.807) is 11.3 Å². The van der Waals surface area contributed by atoms with E-state index in [4.69, 9.17) is 4.74 Å². The van der Waals surface area contributed by atoms with E-state index in [0.717, 1.165) is 62.4 Å². The molecule has 4 rings (SSSR count). The van der Waals surface area contributed by atoms with Gasteiger partial charge in [-0.05, 0) is 61.3 Å². The molecule has 0 spiro atoms. The molecule has 1 aromatic heterocycles. The number of likely N-dealkylation sites (tertiary alicyclic amines) is 1. The van der Waals surface area contributed by atoms with E-state index in [1.165, 1.54) is 16.0 Å². The molecule has 2 aliphatic heterocycles. The molecule has 2 aromatic rings. The highest BCUT2D eigenvalue weighted by atomic mass is 32.1. The highest BCUT2D eigenvalue weighted by Crippen LogP contribution is 2.34. The molecule has 0 bridgehead atoms. The van der Waals surface area contributed by atoms with Gasteiger partial charge in [0.1, 0.15) is 0 Å². The number of amides is 1. The van der Waals surface area contributed by atoms with Gasteiger partial charge in [-0.15, -0.1) is 11.3 Å². The number of thiophene rings is 1. The Hall–Kier alpha value is -1.65. The van der Waals surface area contributed by atoms with Crippen molar-refractivity contribution < 1.29 is 9.53 Å². The summed E-state index contributed by atoms with van der Waals surface area (Å²) in [5.41, 5.74) is 3.73. The van der Waals surface area contributed by atoms with Crippen molar-refractivity contribution in [1.29, 1.82) is 0 Å². The quantitative estimate of drug-likeness (QED) is 0.787. The van der Waals surface area contributed by atoms with Gasteiger partial charge < -0.3 is 9.64 Å². The van der Waals surface area contributed by atoms with E-state index >= 15 is 0 Å². The summed E-state index contributed by atoms with van der Waals surface area (Å²) in [6.45, 7) is 5.62. The Balaban J connectivity index is 1.53. The van der Waals surface area contributed by atoms with Crippen LogP contribution in [0.5, 0.6) is 0 Å². The number of carbonyl (C=O) groups is 1. The van der Waals surface area contributed by atoms with Crippen LogP contribution < -0.4 is 0 Å². The Morgan fingerprint density at radius 3 is 2.48 bits per heavy atom. The lowest BCUT2D eigenvalue weighted by atomic mass is 9.91. The van der Waals surface area contributed by atoms with Crippen LogP contribution in [0.15, 0.2) is 30.3 Å². The second-order valence-corrected chi connectivity index (χ2v) is 8.18. The number of hydrogen-bond donors (Lipinski definition) is 0. The van der Waals surface area contributed by atoms with Gasteiger partial charge in [-0.3, -0.25) is 4.79 Å². The summed E-state index contributed by atoms with van der Waals surface area (Å²) in [4.78, 5) is 16.8. The van der Waals surface area contributed by atoms with Crippen LogP contribution in [0.3, 0.4) is 0 Å². The number of aryl methyl sites for hydroxylation is 1. The predicted molar refractivity (Wildman–Crippen MR) is 102 cm³/mol. The smallest absolute Gasteiger partial charge is 0.264 e. The van der Waals surface area contributed by atoms with Crippen LogP contribution in [-0.4, -0.2) is 37.1 Å². The molecule has 2 aliphatic rings. The Kier molecular flexibility index (Phi) is 4.91. The lowest BCUT2D eigenvalue weighted by Crippen LogP contribution is -2.27. The van der Waals surface area contributed by atoms with Gasteiger partial charge in [-0.2, -0.15) is 0 Å². The SMILES string of the molecule is Cc1cc(-c2ccc(C3CCOCC3)cc2)sc1C(=O)N1CCCC1. The van der Waals surface area contributed by atoms with Crippen molar-refractivity contribution in [1.82, 2.24) is 4.90 Å². The second kappa shape index (κ2) is 7.30. The first-order chi connectivity index (χ1) is 12.2. The largest absolute Gasteiger partial charge is 0.381 e. The fourth-order valence-corrected chi connectivity index (χ4v) is 5.00. The van der Waals surface area contributed by atoms with Gasteiger partial charge in [0.05, 0.1) is 4.88 Å². The first-order valence-corrected chi connectivity index (χ1v) is 10.1. The average molecular weight is 356 g/mol. The molecule has 25 heavy (non-hydrogen) atoms. The summed E-state index contributed by atoms with van der Waals surface area (Å²) in [5, 5.41) is 0. The second-order valence-electron chi connectivity index (χ2n) is 7.13. The molecule has 2 fully saturated rings. The fraction of sp³-hybridized carbons (Fsp3) is 0.476. The van der Waals surface area contributed by atoms with Gasteiger partial charge in [-0.1, -0.05) is 24.3 Å². The molecule has 1 aromatic carbocycles. The van der Waals surface area contributed by atoms with E-state index in [0.29, 0.717) is 5.92 Å². The van der Waals surface area contributed by atoms with Crippen LogP contribution in [0, 0.1) is 6.92 Å². The zero-order chi connectivity index (χ0) is 17.2. The number of hydrogen-bond acceptors (Lipinski definition) is 3. The zero-order valence-corrected chi connectivity index (χ0v) is 15.6. The van der Waals surface area contributed by atoms with Crippen molar-refractivity contribution >= 4 is 17.2 Å². The van der Waals surface area contributed by atoms with Crippen molar-refractivity contribution in [2.24, 2.45) is 0 Å². The molecule has 3 heterocycles. The van der Waals surface area contributed by atoms with E-state index in [-0.39, 0.29) is 5.91 Å². The van der Waals surface area contributed by atoms with Crippen molar-refractivity contribution in [3.63, 3.8) is 0 Å². The Morgan fingerprint density at radius 1 is 1.12 bits per heavy atom. The third-order valence-corrected chi connectivity index (χ3v) is 6.67. The average Bonchev–Trinajstić information content (AvgIpc) is 3.32. The van der Waals surface area contributed by atoms with Gasteiger partial charge in [-0.25, -0.2) is 0 Å². The Labute approximate surface area is 153 Å². The fourth-order valence-electron chi connectivity index (χ4n) is 3.85. The first kappa shape index (κ1) is 16.8. The summed E-state index contributed by atoms with van der Waals surface area (Å²) < 4.78 is 5.46. The molecule has 1 amide bonds. The monoisotopic (exact) mass is 355 g/mol. The van der Waals surface area contributed by atoms with Crippen molar-refractivity contribution in [3.05, 3.63) is 46.3 Å². The predicted octanol–water partition coefficient (Wildman–Crippen LogP) is 4.85. The number of carbonyl (C=O) groups excluding carboxylic acids is 1. The maximum absolute atomic E-state index is 12.7. The molecule has 2 saturated heterocycles. The van der Waals surface area contributed by atoms with Crippen LogP contribution >= 0.6 is 11.3 Å². The third-order valence-electron chi connectivity index (χ3n) is 5.39. The summed E-state index contributed by atoms with van der Waals surface area (Å²) >= 11 is 1.64. The maximum atomic E-state index is 12.7. The number of benzene rings is 1. The maximum Gasteiger partial charge on any atom is 0.264 e. The minimum absolute atomic E-state index is 0.213. The number of ether oxygens (including phenoxy) is 1. The Morgan fingerprint density at radius 2 is 1.80 bits per heavy atom. The molecule has 0 unspecified atom stereocenters. The van der Waals surface area contributed by atoms with E-state index in [9.17, 15) is 4.79 Å². The molecule has 132 valence electrons. The van der Waals surface area contributed by atoms with Crippen LogP contribution in [-0.2, 0) is 4.74 Å². The third kappa shape index (κ3) is 3.51. The molecule has 0 aliphatic carbocycles. The van der Waals surface area contributed by atoms with Crippen molar-refractivity contribution in [3.8, 4) is 10.4 Å². The minimum Gasteiger partial charge on any atom is -0.381 e. The van der Waals surface area contributed by atoms with E-state index < -0.39 is 0 Å². The normalized spacial score (nSPS) is 18.7. The molecule has 3 nitrogen and oxygen atoms in total. The topological polar surface area (TPSA) is 29.5 Å². The zero-order valence-electron chi connectivity index (χ0n) is 14.8. The molecule has 0 radical (unpaired) electrons. The van der Waals surface area contributed by atoms with Gasteiger partial charge in [0.25, 0.3) is 5.91 Å². The summed E-state index contributed by atoms with van der Waals surface area (Å²) in [7, 11) is 0. The summed E-state index contributed by atoms with van der Waals surface area (Å²) in [5.74, 6) is 0.838. The number of rotatable bonds is 3. The van der Waals surface area contributed by atoms with Gasteiger partial charge >= 0.3 is 0 Å². The molecule has 0 atom stereocenters. The molecule has 4 heteroatoms. The van der Waals surface area contributed by atoms with Crippen LogP contribution in [0.25, 0.3) is 10.4 Å². The van der Waals surface area contributed by atoms with Gasteiger partial charge in [0, 0.05) is 31.2 Å². The lowest BCUT2D eigenvalue weighted by molar-refractivity contribution is 0.0797. The molecule has 0 N–H and O–H groups in total. The summed E-state index contributed by atoms with van der Waals surface area (Å²) in [6, 6.07) is 11.1. The van der Waals surface area contributed by atoms with Gasteiger partial charge in [0.15, 0.2) is 0 Å².